The highest BCUT2D eigenvalue weighted by atomic mass is 35.5. The summed E-state index contributed by atoms with van der Waals surface area (Å²) >= 11 is 17.9. The van der Waals surface area contributed by atoms with Gasteiger partial charge in [0.15, 0.2) is 11.5 Å². The number of halogens is 3. The van der Waals surface area contributed by atoms with Crippen LogP contribution in [-0.2, 0) is 9.59 Å². The molecule has 0 atom stereocenters. The molecule has 0 spiro atoms. The molecule has 2 amide bonds. The highest BCUT2D eigenvalue weighted by molar-refractivity contribution is 6.36. The second-order valence-corrected chi connectivity index (χ2v) is 6.95. The second-order valence-electron chi connectivity index (χ2n) is 5.69. The lowest BCUT2D eigenvalue weighted by Gasteiger charge is -2.09. The van der Waals surface area contributed by atoms with Crippen molar-refractivity contribution < 1.29 is 19.1 Å². The highest BCUT2D eigenvalue weighted by Gasteiger charge is 2.10. The van der Waals surface area contributed by atoms with Crippen molar-refractivity contribution in [1.82, 2.24) is 5.43 Å². The van der Waals surface area contributed by atoms with E-state index in [9.17, 15) is 9.59 Å². The highest BCUT2D eigenvalue weighted by Crippen LogP contribution is 2.32. The van der Waals surface area contributed by atoms with Crippen LogP contribution in [0.15, 0.2) is 35.4 Å². The van der Waals surface area contributed by atoms with Crippen molar-refractivity contribution in [3.63, 3.8) is 0 Å². The van der Waals surface area contributed by atoms with E-state index in [4.69, 9.17) is 44.3 Å². The molecule has 0 aromatic heterocycles. The van der Waals surface area contributed by atoms with Crippen LogP contribution in [0.3, 0.4) is 0 Å². The number of nitrogens with zero attached hydrogens (tertiary/aromatic N) is 1. The first-order chi connectivity index (χ1) is 13.8. The normalized spacial score (nSPS) is 10.7. The van der Waals surface area contributed by atoms with E-state index in [1.54, 1.807) is 24.3 Å². The number of hydrazone groups is 1. The number of rotatable bonds is 8. The Bertz CT molecular complexity index is 935. The molecule has 0 aliphatic heterocycles. The number of hydrogen-bond acceptors (Lipinski definition) is 5. The molecule has 0 saturated carbocycles. The van der Waals surface area contributed by atoms with Crippen LogP contribution >= 0.6 is 34.8 Å². The van der Waals surface area contributed by atoms with Crippen molar-refractivity contribution in [3.05, 3.63) is 51.0 Å². The number of carbonyl (C=O) groups is 2. The summed E-state index contributed by atoms with van der Waals surface area (Å²) in [5, 5.41) is 7.61. The monoisotopic (exact) mass is 457 g/mol. The summed E-state index contributed by atoms with van der Waals surface area (Å²) in [6, 6.07) is 7.90. The molecule has 0 aliphatic rings. The SMILES string of the molecule is COc1cc(Cl)c(/C=N/NC(=O)CCC(=O)Nc2ccc(Cl)cc2Cl)cc1OC. The Hall–Kier alpha value is -2.48. The molecule has 10 heteroatoms. The van der Waals surface area contributed by atoms with E-state index in [0.717, 1.165) is 0 Å². The molecule has 2 aromatic carbocycles. The van der Waals surface area contributed by atoms with Crippen LogP contribution in [0.2, 0.25) is 15.1 Å². The third-order valence-corrected chi connectivity index (χ3v) is 4.56. The van der Waals surface area contributed by atoms with Gasteiger partial charge in [-0.2, -0.15) is 5.10 Å². The average Bonchev–Trinajstić information content (AvgIpc) is 2.69. The van der Waals surface area contributed by atoms with Gasteiger partial charge in [-0.25, -0.2) is 5.43 Å². The molecular formula is C19H18Cl3N3O4. The van der Waals surface area contributed by atoms with Gasteiger partial charge in [0.1, 0.15) is 0 Å². The molecule has 0 saturated heterocycles. The van der Waals surface area contributed by atoms with Crippen LogP contribution in [0.1, 0.15) is 18.4 Å². The predicted octanol–water partition coefficient (Wildman–Crippen LogP) is 4.53. The Labute approximate surface area is 182 Å². The third-order valence-electron chi connectivity index (χ3n) is 3.68. The molecule has 2 rings (SSSR count). The summed E-state index contributed by atoms with van der Waals surface area (Å²) < 4.78 is 10.3. The minimum atomic E-state index is -0.435. The molecule has 0 fully saturated rings. The molecule has 154 valence electrons. The number of benzene rings is 2. The van der Waals surface area contributed by atoms with Crippen LogP contribution in [0.5, 0.6) is 11.5 Å². The van der Waals surface area contributed by atoms with Gasteiger partial charge >= 0.3 is 0 Å². The Morgan fingerprint density at radius 2 is 1.62 bits per heavy atom. The maximum Gasteiger partial charge on any atom is 0.240 e. The van der Waals surface area contributed by atoms with Gasteiger partial charge in [0.05, 0.1) is 36.2 Å². The smallest absolute Gasteiger partial charge is 0.240 e. The lowest BCUT2D eigenvalue weighted by Crippen LogP contribution is -2.20. The van der Waals surface area contributed by atoms with Crippen molar-refractivity contribution in [3.8, 4) is 11.5 Å². The van der Waals surface area contributed by atoms with E-state index >= 15 is 0 Å². The van der Waals surface area contributed by atoms with Gasteiger partial charge < -0.3 is 14.8 Å². The van der Waals surface area contributed by atoms with Gasteiger partial charge in [-0.1, -0.05) is 34.8 Å². The topological polar surface area (TPSA) is 89.0 Å². The Morgan fingerprint density at radius 1 is 0.966 bits per heavy atom. The lowest BCUT2D eigenvalue weighted by molar-refractivity contribution is -0.124. The van der Waals surface area contributed by atoms with Gasteiger partial charge in [0.2, 0.25) is 11.8 Å². The van der Waals surface area contributed by atoms with Crippen LogP contribution < -0.4 is 20.2 Å². The Kier molecular flexibility index (Phi) is 8.57. The van der Waals surface area contributed by atoms with Crippen molar-refractivity contribution in [2.24, 2.45) is 5.10 Å². The number of carbonyl (C=O) groups excluding carboxylic acids is 2. The van der Waals surface area contributed by atoms with E-state index in [2.05, 4.69) is 15.8 Å². The molecule has 7 nitrogen and oxygen atoms in total. The van der Waals surface area contributed by atoms with Crippen LogP contribution in [0.4, 0.5) is 5.69 Å². The molecule has 0 unspecified atom stereocenters. The molecular weight excluding hydrogens is 441 g/mol. The van der Waals surface area contributed by atoms with Crippen molar-refractivity contribution in [1.29, 1.82) is 0 Å². The number of anilines is 1. The van der Waals surface area contributed by atoms with Gasteiger partial charge in [-0.3, -0.25) is 9.59 Å². The Balaban J connectivity index is 1.86. The van der Waals surface area contributed by atoms with Gasteiger partial charge in [0, 0.05) is 29.5 Å². The summed E-state index contributed by atoms with van der Waals surface area (Å²) in [6.07, 6.45) is 1.27. The maximum atomic E-state index is 12.0. The zero-order chi connectivity index (χ0) is 21.4. The number of amides is 2. The number of hydrogen-bond donors (Lipinski definition) is 2. The first kappa shape index (κ1) is 22.8. The van der Waals surface area contributed by atoms with Gasteiger partial charge in [-0.05, 0) is 24.3 Å². The van der Waals surface area contributed by atoms with Crippen LogP contribution in [0.25, 0.3) is 0 Å². The third kappa shape index (κ3) is 6.81. The standard InChI is InChI=1S/C19H18Cl3N3O4/c1-28-16-7-11(13(21)9-17(16)29-2)10-23-25-19(27)6-5-18(26)24-15-4-3-12(20)8-14(15)22/h3-4,7-10H,5-6H2,1-2H3,(H,24,26)(H,25,27)/b23-10+. The largest absolute Gasteiger partial charge is 0.493 e. The summed E-state index contributed by atoms with van der Waals surface area (Å²) in [4.78, 5) is 23.8. The van der Waals surface area contributed by atoms with Gasteiger partial charge in [0.25, 0.3) is 0 Å². The summed E-state index contributed by atoms with van der Waals surface area (Å²) in [5.74, 6) is 0.152. The van der Waals surface area contributed by atoms with Crippen molar-refractivity contribution >= 4 is 58.5 Å². The predicted molar refractivity (Wildman–Crippen MR) is 115 cm³/mol. The first-order valence-electron chi connectivity index (χ1n) is 8.32. The maximum absolute atomic E-state index is 12.0. The van der Waals surface area contributed by atoms with Crippen LogP contribution in [0, 0.1) is 0 Å². The molecule has 0 bridgehead atoms. The van der Waals surface area contributed by atoms with E-state index in [1.165, 1.54) is 26.5 Å². The number of nitrogens with one attached hydrogen (secondary N) is 2. The zero-order valence-electron chi connectivity index (χ0n) is 15.6. The quantitative estimate of drug-likeness (QED) is 0.449. The summed E-state index contributed by atoms with van der Waals surface area (Å²) in [7, 11) is 3.00. The minimum Gasteiger partial charge on any atom is -0.493 e. The average molecular weight is 459 g/mol. The molecule has 29 heavy (non-hydrogen) atoms. The molecule has 0 radical (unpaired) electrons. The molecule has 2 N–H and O–H groups in total. The van der Waals surface area contributed by atoms with Crippen molar-refractivity contribution in [2.75, 3.05) is 19.5 Å². The molecule has 0 aliphatic carbocycles. The fourth-order valence-electron chi connectivity index (χ4n) is 2.23. The fourth-order valence-corrected chi connectivity index (χ4v) is 2.89. The first-order valence-corrected chi connectivity index (χ1v) is 9.45. The summed E-state index contributed by atoms with van der Waals surface area (Å²) in [5.41, 5.74) is 3.29. The Morgan fingerprint density at radius 3 is 2.28 bits per heavy atom. The molecule has 2 aromatic rings. The van der Waals surface area contributed by atoms with E-state index in [-0.39, 0.29) is 18.7 Å². The fraction of sp³-hybridized carbons (Fsp3) is 0.211. The minimum absolute atomic E-state index is 0.0442. The van der Waals surface area contributed by atoms with E-state index in [1.807, 2.05) is 0 Å². The number of ether oxygens (including phenoxy) is 2. The number of methoxy groups -OCH3 is 2. The van der Waals surface area contributed by atoms with E-state index < -0.39 is 5.91 Å². The van der Waals surface area contributed by atoms with Crippen LogP contribution in [-0.4, -0.2) is 32.2 Å². The molecule has 0 heterocycles. The van der Waals surface area contributed by atoms with E-state index in [0.29, 0.717) is 37.8 Å². The van der Waals surface area contributed by atoms with Gasteiger partial charge in [-0.15, -0.1) is 0 Å². The second kappa shape index (κ2) is 10.9. The lowest BCUT2D eigenvalue weighted by atomic mass is 10.2. The summed E-state index contributed by atoms with van der Waals surface area (Å²) in [6.45, 7) is 0. The van der Waals surface area contributed by atoms with Crippen molar-refractivity contribution in [2.45, 2.75) is 12.8 Å². The zero-order valence-corrected chi connectivity index (χ0v) is 17.9.